The van der Waals surface area contributed by atoms with Crippen molar-refractivity contribution in [1.82, 2.24) is 4.90 Å². The molecule has 0 radical (unpaired) electrons. The summed E-state index contributed by atoms with van der Waals surface area (Å²) in [5.74, 6) is 1.16. The first-order valence-corrected chi connectivity index (χ1v) is 9.13. The Morgan fingerprint density at radius 1 is 0.926 bits per heavy atom. The summed E-state index contributed by atoms with van der Waals surface area (Å²) in [6, 6.07) is 11.7. The first-order chi connectivity index (χ1) is 13.0. The molecule has 2 aromatic carbocycles. The molecule has 2 aromatic rings. The number of ether oxygens (including phenoxy) is 2. The van der Waals surface area contributed by atoms with E-state index >= 15 is 0 Å². The molecule has 0 aromatic heterocycles. The second-order valence-corrected chi connectivity index (χ2v) is 6.66. The zero-order valence-corrected chi connectivity index (χ0v) is 16.4. The number of carbonyl (C=O) groups excluding carboxylic acids is 1. The fourth-order valence-electron chi connectivity index (χ4n) is 3.39. The molecule has 1 fully saturated rings. The van der Waals surface area contributed by atoms with Gasteiger partial charge in [0.2, 0.25) is 0 Å². The van der Waals surface area contributed by atoms with Gasteiger partial charge in [0.05, 0.1) is 14.2 Å². The number of aryl methyl sites for hydroxylation is 1. The lowest BCUT2D eigenvalue weighted by Crippen LogP contribution is -2.50. The summed E-state index contributed by atoms with van der Waals surface area (Å²) in [6.07, 6.45) is 0. The summed E-state index contributed by atoms with van der Waals surface area (Å²) < 4.78 is 10.7. The number of benzene rings is 2. The lowest BCUT2D eigenvalue weighted by Gasteiger charge is -2.37. The van der Waals surface area contributed by atoms with Crippen LogP contribution in [-0.4, -0.2) is 51.3 Å². The van der Waals surface area contributed by atoms with E-state index in [9.17, 15) is 4.79 Å². The number of piperazine rings is 1. The molecule has 0 spiro atoms. The van der Waals surface area contributed by atoms with Crippen LogP contribution in [-0.2, 0) is 0 Å². The Labute approximate surface area is 160 Å². The molecule has 2 amide bonds. The lowest BCUT2D eigenvalue weighted by molar-refractivity contribution is 0.208. The van der Waals surface area contributed by atoms with Crippen molar-refractivity contribution >= 4 is 17.4 Å². The van der Waals surface area contributed by atoms with Gasteiger partial charge >= 0.3 is 6.03 Å². The van der Waals surface area contributed by atoms with Gasteiger partial charge in [-0.3, -0.25) is 0 Å². The molecular formula is C21H27N3O3. The normalized spacial score (nSPS) is 14.1. The molecule has 0 atom stereocenters. The van der Waals surface area contributed by atoms with E-state index in [-0.39, 0.29) is 6.03 Å². The minimum Gasteiger partial charge on any atom is -0.494 e. The van der Waals surface area contributed by atoms with Crippen LogP contribution in [0.5, 0.6) is 11.5 Å². The van der Waals surface area contributed by atoms with Crippen LogP contribution in [0.25, 0.3) is 0 Å². The van der Waals surface area contributed by atoms with Crippen molar-refractivity contribution in [1.29, 1.82) is 0 Å². The van der Waals surface area contributed by atoms with Crippen LogP contribution >= 0.6 is 0 Å². The van der Waals surface area contributed by atoms with Crippen molar-refractivity contribution in [2.24, 2.45) is 0 Å². The number of nitrogens with zero attached hydrogens (tertiary/aromatic N) is 2. The van der Waals surface area contributed by atoms with Gasteiger partial charge in [-0.15, -0.1) is 0 Å². The maximum absolute atomic E-state index is 12.8. The van der Waals surface area contributed by atoms with Crippen LogP contribution in [0, 0.1) is 13.8 Å². The predicted octanol–water partition coefficient (Wildman–Crippen LogP) is 3.67. The fourth-order valence-corrected chi connectivity index (χ4v) is 3.39. The predicted molar refractivity (Wildman–Crippen MR) is 108 cm³/mol. The molecule has 1 aliphatic rings. The second kappa shape index (κ2) is 8.20. The average molecular weight is 369 g/mol. The molecule has 1 N–H and O–H groups in total. The van der Waals surface area contributed by atoms with Crippen LogP contribution < -0.4 is 19.7 Å². The topological polar surface area (TPSA) is 54.0 Å². The SMILES string of the molecule is COc1cccc(OC)c1NC(=O)N1CCN(c2cccc(C)c2C)CC1. The standard InChI is InChI=1S/C21H27N3O3/c1-15-7-5-8-17(16(15)2)23-11-13-24(14-12-23)21(25)22-20-18(26-3)9-6-10-19(20)27-4/h5-10H,11-14H2,1-4H3,(H,22,25). The van der Waals surface area contributed by atoms with Crippen LogP contribution in [0.2, 0.25) is 0 Å². The fraction of sp³-hybridized carbons (Fsp3) is 0.381. The van der Waals surface area contributed by atoms with Crippen molar-refractivity contribution in [2.75, 3.05) is 50.6 Å². The van der Waals surface area contributed by atoms with E-state index in [0.717, 1.165) is 13.1 Å². The molecule has 144 valence electrons. The number of methoxy groups -OCH3 is 2. The highest BCUT2D eigenvalue weighted by Crippen LogP contribution is 2.34. The van der Waals surface area contributed by atoms with E-state index in [0.29, 0.717) is 30.3 Å². The summed E-state index contributed by atoms with van der Waals surface area (Å²) in [5.41, 5.74) is 4.40. The Balaban J connectivity index is 1.67. The zero-order chi connectivity index (χ0) is 19.4. The number of para-hydroxylation sites is 1. The van der Waals surface area contributed by atoms with E-state index in [1.807, 2.05) is 11.0 Å². The Morgan fingerprint density at radius 3 is 2.11 bits per heavy atom. The third kappa shape index (κ3) is 3.94. The van der Waals surface area contributed by atoms with Crippen LogP contribution in [0.1, 0.15) is 11.1 Å². The van der Waals surface area contributed by atoms with Crippen molar-refractivity contribution in [3.63, 3.8) is 0 Å². The monoisotopic (exact) mass is 369 g/mol. The van der Waals surface area contributed by atoms with E-state index in [2.05, 4.69) is 42.3 Å². The maximum Gasteiger partial charge on any atom is 0.322 e. The summed E-state index contributed by atoms with van der Waals surface area (Å²) in [5, 5.41) is 2.94. The first-order valence-electron chi connectivity index (χ1n) is 9.13. The number of rotatable bonds is 4. The summed E-state index contributed by atoms with van der Waals surface area (Å²) >= 11 is 0. The van der Waals surface area contributed by atoms with Gasteiger partial charge in [-0.1, -0.05) is 18.2 Å². The molecule has 1 saturated heterocycles. The van der Waals surface area contributed by atoms with Gasteiger partial charge in [0.25, 0.3) is 0 Å². The zero-order valence-electron chi connectivity index (χ0n) is 16.4. The van der Waals surface area contributed by atoms with Gasteiger partial charge in [0.1, 0.15) is 17.2 Å². The number of hydrogen-bond donors (Lipinski definition) is 1. The average Bonchev–Trinajstić information content (AvgIpc) is 2.70. The van der Waals surface area contributed by atoms with Gasteiger partial charge in [0.15, 0.2) is 0 Å². The van der Waals surface area contributed by atoms with Gasteiger partial charge in [0, 0.05) is 31.9 Å². The largest absolute Gasteiger partial charge is 0.494 e. The van der Waals surface area contributed by atoms with E-state index < -0.39 is 0 Å². The highest BCUT2D eigenvalue weighted by atomic mass is 16.5. The van der Waals surface area contributed by atoms with E-state index in [1.54, 1.807) is 26.4 Å². The molecule has 0 bridgehead atoms. The minimum absolute atomic E-state index is 0.140. The van der Waals surface area contributed by atoms with E-state index in [1.165, 1.54) is 16.8 Å². The summed E-state index contributed by atoms with van der Waals surface area (Å²) in [4.78, 5) is 16.9. The van der Waals surface area contributed by atoms with Crippen LogP contribution in [0.3, 0.4) is 0 Å². The van der Waals surface area contributed by atoms with Gasteiger partial charge < -0.3 is 24.6 Å². The number of urea groups is 1. The van der Waals surface area contributed by atoms with Gasteiger partial charge in [-0.2, -0.15) is 0 Å². The van der Waals surface area contributed by atoms with Crippen molar-refractivity contribution in [3.05, 3.63) is 47.5 Å². The van der Waals surface area contributed by atoms with Crippen molar-refractivity contribution in [3.8, 4) is 11.5 Å². The summed E-state index contributed by atoms with van der Waals surface area (Å²) in [6.45, 7) is 7.22. The van der Waals surface area contributed by atoms with Crippen molar-refractivity contribution < 1.29 is 14.3 Å². The molecule has 6 heteroatoms. The molecule has 27 heavy (non-hydrogen) atoms. The number of hydrogen-bond acceptors (Lipinski definition) is 4. The summed E-state index contributed by atoms with van der Waals surface area (Å²) in [7, 11) is 3.15. The molecule has 0 unspecified atom stereocenters. The highest BCUT2D eigenvalue weighted by molar-refractivity contribution is 5.93. The molecule has 1 aliphatic heterocycles. The highest BCUT2D eigenvalue weighted by Gasteiger charge is 2.24. The van der Waals surface area contributed by atoms with Gasteiger partial charge in [-0.25, -0.2) is 4.79 Å². The number of carbonyl (C=O) groups is 1. The molecular weight excluding hydrogens is 342 g/mol. The molecule has 0 saturated carbocycles. The second-order valence-electron chi connectivity index (χ2n) is 6.66. The molecule has 1 heterocycles. The van der Waals surface area contributed by atoms with Crippen molar-refractivity contribution in [2.45, 2.75) is 13.8 Å². The molecule has 0 aliphatic carbocycles. The lowest BCUT2D eigenvalue weighted by atomic mass is 10.1. The molecule has 6 nitrogen and oxygen atoms in total. The smallest absolute Gasteiger partial charge is 0.322 e. The number of nitrogens with one attached hydrogen (secondary N) is 1. The Kier molecular flexibility index (Phi) is 5.74. The third-order valence-corrected chi connectivity index (χ3v) is 5.14. The maximum atomic E-state index is 12.8. The van der Waals surface area contributed by atoms with Crippen LogP contribution in [0.15, 0.2) is 36.4 Å². The van der Waals surface area contributed by atoms with E-state index in [4.69, 9.17) is 9.47 Å². The Hall–Kier alpha value is -2.89. The third-order valence-electron chi connectivity index (χ3n) is 5.14. The van der Waals surface area contributed by atoms with Gasteiger partial charge in [-0.05, 0) is 43.2 Å². The van der Waals surface area contributed by atoms with Crippen LogP contribution in [0.4, 0.5) is 16.2 Å². The first kappa shape index (κ1) is 18.9. The number of anilines is 2. The minimum atomic E-state index is -0.140. The number of amides is 2. The Morgan fingerprint density at radius 2 is 1.52 bits per heavy atom. The molecule has 3 rings (SSSR count). The quantitative estimate of drug-likeness (QED) is 0.893. The Bertz CT molecular complexity index is 792.